The molecule has 0 fully saturated rings. The van der Waals surface area contributed by atoms with E-state index in [0.29, 0.717) is 23.5 Å². The van der Waals surface area contributed by atoms with Crippen LogP contribution in [0.25, 0.3) is 0 Å². The van der Waals surface area contributed by atoms with E-state index >= 15 is 0 Å². The first-order valence-electron chi connectivity index (χ1n) is 12.8. The lowest BCUT2D eigenvalue weighted by Gasteiger charge is -2.15. The summed E-state index contributed by atoms with van der Waals surface area (Å²) in [6, 6.07) is 34.5. The van der Waals surface area contributed by atoms with E-state index in [-0.39, 0.29) is 24.4 Å². The van der Waals surface area contributed by atoms with Gasteiger partial charge >= 0.3 is 0 Å². The number of carbonyl (C=O) groups is 2. The van der Waals surface area contributed by atoms with Gasteiger partial charge in [-0.15, -0.1) is 0 Å². The first-order chi connectivity index (χ1) is 18.6. The molecule has 6 heteroatoms. The highest BCUT2D eigenvalue weighted by Gasteiger charge is 2.12. The average Bonchev–Trinajstić information content (AvgIpc) is 2.96. The van der Waals surface area contributed by atoms with E-state index in [1.165, 1.54) is 5.56 Å². The van der Waals surface area contributed by atoms with Crippen LogP contribution in [0.1, 0.15) is 40.9 Å². The zero-order chi connectivity index (χ0) is 26.6. The van der Waals surface area contributed by atoms with Crippen molar-refractivity contribution in [2.24, 2.45) is 0 Å². The second-order valence-corrected chi connectivity index (χ2v) is 9.05. The number of hydrogen-bond acceptors (Lipinski definition) is 4. The number of hydrogen-bond donors (Lipinski definition) is 3. The zero-order valence-electron chi connectivity index (χ0n) is 21.5. The summed E-state index contributed by atoms with van der Waals surface area (Å²) in [5.74, 6) is 0.414. The maximum absolute atomic E-state index is 12.7. The van der Waals surface area contributed by atoms with E-state index in [1.807, 2.05) is 85.8 Å². The van der Waals surface area contributed by atoms with E-state index in [0.717, 1.165) is 24.2 Å². The molecule has 0 saturated carbocycles. The molecule has 0 spiro atoms. The molecule has 1 unspecified atom stereocenters. The fourth-order valence-corrected chi connectivity index (χ4v) is 4.01. The highest BCUT2D eigenvalue weighted by molar-refractivity contribution is 5.96. The average molecular weight is 508 g/mol. The van der Waals surface area contributed by atoms with Crippen LogP contribution in [0.2, 0.25) is 0 Å². The van der Waals surface area contributed by atoms with Gasteiger partial charge in [0.25, 0.3) is 5.91 Å². The minimum absolute atomic E-state index is 0.0726. The Kier molecular flexibility index (Phi) is 9.51. The molecule has 0 saturated heterocycles. The van der Waals surface area contributed by atoms with Crippen molar-refractivity contribution < 1.29 is 14.3 Å². The van der Waals surface area contributed by atoms with E-state index in [4.69, 9.17) is 4.74 Å². The lowest BCUT2D eigenvalue weighted by Crippen LogP contribution is -2.26. The second-order valence-electron chi connectivity index (χ2n) is 9.05. The first-order valence-corrected chi connectivity index (χ1v) is 12.8. The maximum Gasteiger partial charge on any atom is 0.251 e. The Morgan fingerprint density at radius 2 is 1.50 bits per heavy atom. The standard InChI is InChI=1S/C32H33N3O3/c1-24(26-13-6-3-7-14-26)34-32(37)27-15-8-16-29(22-27)33-23-31(36)35-28-17-19-30(20-18-28)38-21-9-12-25-10-4-2-5-11-25/h2-8,10-11,13-20,22,24,33H,9,12,21,23H2,1H3,(H,34,37)(H,35,36). The molecule has 0 radical (unpaired) electrons. The van der Waals surface area contributed by atoms with Crippen molar-refractivity contribution in [1.29, 1.82) is 0 Å². The van der Waals surface area contributed by atoms with E-state index in [1.54, 1.807) is 18.2 Å². The molecule has 38 heavy (non-hydrogen) atoms. The Labute approximate surface area is 224 Å². The van der Waals surface area contributed by atoms with Gasteiger partial charge in [0.2, 0.25) is 5.91 Å². The molecular formula is C32H33N3O3. The Morgan fingerprint density at radius 1 is 0.789 bits per heavy atom. The van der Waals surface area contributed by atoms with Crippen LogP contribution in [-0.4, -0.2) is 25.0 Å². The van der Waals surface area contributed by atoms with Crippen LogP contribution < -0.4 is 20.7 Å². The summed E-state index contributed by atoms with van der Waals surface area (Å²) in [5.41, 5.74) is 4.25. The minimum Gasteiger partial charge on any atom is -0.494 e. The highest BCUT2D eigenvalue weighted by atomic mass is 16.5. The monoisotopic (exact) mass is 507 g/mol. The number of nitrogens with one attached hydrogen (secondary N) is 3. The Morgan fingerprint density at radius 3 is 2.24 bits per heavy atom. The second kappa shape index (κ2) is 13.7. The fraction of sp³-hybridized carbons (Fsp3) is 0.188. The molecule has 0 aliphatic rings. The van der Waals surface area contributed by atoms with Crippen molar-refractivity contribution in [1.82, 2.24) is 5.32 Å². The number of benzene rings is 4. The lowest BCUT2D eigenvalue weighted by atomic mass is 10.1. The normalized spacial score (nSPS) is 11.3. The van der Waals surface area contributed by atoms with Gasteiger partial charge in [-0.1, -0.05) is 66.7 Å². The van der Waals surface area contributed by atoms with Gasteiger partial charge in [0.05, 0.1) is 19.2 Å². The van der Waals surface area contributed by atoms with E-state index < -0.39 is 0 Å². The number of ether oxygens (including phenoxy) is 1. The molecule has 4 aromatic carbocycles. The Bertz CT molecular complexity index is 1310. The molecule has 194 valence electrons. The summed E-state index contributed by atoms with van der Waals surface area (Å²) >= 11 is 0. The molecule has 0 heterocycles. The quantitative estimate of drug-likeness (QED) is 0.198. The van der Waals surface area contributed by atoms with Gasteiger partial charge < -0.3 is 20.7 Å². The van der Waals surface area contributed by atoms with Gasteiger partial charge in [-0.3, -0.25) is 9.59 Å². The van der Waals surface area contributed by atoms with Crippen molar-refractivity contribution >= 4 is 23.2 Å². The van der Waals surface area contributed by atoms with Crippen molar-refractivity contribution in [3.8, 4) is 5.75 Å². The van der Waals surface area contributed by atoms with Crippen LogP contribution in [0.4, 0.5) is 11.4 Å². The summed E-state index contributed by atoms with van der Waals surface area (Å²) in [6.07, 6.45) is 1.91. The Hall–Kier alpha value is -4.58. The van der Waals surface area contributed by atoms with Crippen molar-refractivity contribution in [3.05, 3.63) is 126 Å². The smallest absolute Gasteiger partial charge is 0.251 e. The van der Waals surface area contributed by atoms with Crippen LogP contribution in [0.3, 0.4) is 0 Å². The molecule has 1 atom stereocenters. The molecule has 0 aromatic heterocycles. The molecule has 0 aliphatic heterocycles. The predicted octanol–water partition coefficient (Wildman–Crippen LogP) is 6.24. The van der Waals surface area contributed by atoms with Crippen LogP contribution in [0.5, 0.6) is 5.75 Å². The number of amides is 2. The third-order valence-corrected chi connectivity index (χ3v) is 6.08. The van der Waals surface area contributed by atoms with Crippen LogP contribution >= 0.6 is 0 Å². The highest BCUT2D eigenvalue weighted by Crippen LogP contribution is 2.17. The number of rotatable bonds is 12. The van der Waals surface area contributed by atoms with Crippen LogP contribution in [0.15, 0.2) is 109 Å². The van der Waals surface area contributed by atoms with Crippen molar-refractivity contribution in [2.75, 3.05) is 23.8 Å². The van der Waals surface area contributed by atoms with Gasteiger partial charge in [0.15, 0.2) is 0 Å². The largest absolute Gasteiger partial charge is 0.494 e. The van der Waals surface area contributed by atoms with Gasteiger partial charge in [0, 0.05) is 16.9 Å². The van der Waals surface area contributed by atoms with E-state index in [9.17, 15) is 9.59 Å². The summed E-state index contributed by atoms with van der Waals surface area (Å²) in [4.78, 5) is 25.2. The zero-order valence-corrected chi connectivity index (χ0v) is 21.5. The van der Waals surface area contributed by atoms with Gasteiger partial charge in [-0.2, -0.15) is 0 Å². The third kappa shape index (κ3) is 8.23. The summed E-state index contributed by atoms with van der Waals surface area (Å²) < 4.78 is 5.81. The lowest BCUT2D eigenvalue weighted by molar-refractivity contribution is -0.114. The SMILES string of the molecule is CC(NC(=O)c1cccc(NCC(=O)Nc2ccc(OCCCc3ccccc3)cc2)c1)c1ccccc1. The molecule has 2 amide bonds. The fourth-order valence-electron chi connectivity index (χ4n) is 4.01. The molecule has 4 rings (SSSR count). The van der Waals surface area contributed by atoms with Crippen molar-refractivity contribution in [3.63, 3.8) is 0 Å². The summed E-state index contributed by atoms with van der Waals surface area (Å²) in [6.45, 7) is 2.65. The number of aryl methyl sites for hydroxylation is 1. The minimum atomic E-state index is -0.186. The number of carbonyl (C=O) groups excluding carboxylic acids is 2. The summed E-state index contributed by atoms with van der Waals surface area (Å²) in [7, 11) is 0. The van der Waals surface area contributed by atoms with Gasteiger partial charge in [-0.25, -0.2) is 0 Å². The molecule has 0 aliphatic carbocycles. The van der Waals surface area contributed by atoms with Crippen LogP contribution in [0, 0.1) is 0 Å². The predicted molar refractivity (Wildman–Crippen MR) is 153 cm³/mol. The topological polar surface area (TPSA) is 79.5 Å². The van der Waals surface area contributed by atoms with E-state index in [2.05, 4.69) is 28.1 Å². The molecule has 4 aromatic rings. The maximum atomic E-state index is 12.7. The summed E-state index contributed by atoms with van der Waals surface area (Å²) in [5, 5.41) is 8.97. The molecule has 6 nitrogen and oxygen atoms in total. The Balaban J connectivity index is 1.19. The first kappa shape index (κ1) is 26.5. The van der Waals surface area contributed by atoms with Gasteiger partial charge in [-0.05, 0) is 73.4 Å². The third-order valence-electron chi connectivity index (χ3n) is 6.08. The molecular weight excluding hydrogens is 474 g/mol. The van der Waals surface area contributed by atoms with Crippen LogP contribution in [-0.2, 0) is 11.2 Å². The molecule has 0 bridgehead atoms. The molecule has 3 N–H and O–H groups in total. The number of anilines is 2. The van der Waals surface area contributed by atoms with Gasteiger partial charge in [0.1, 0.15) is 5.75 Å². The van der Waals surface area contributed by atoms with Crippen molar-refractivity contribution in [2.45, 2.75) is 25.8 Å².